The van der Waals surface area contributed by atoms with Crippen LogP contribution in [0.5, 0.6) is 0 Å². The first-order valence-electron chi connectivity index (χ1n) is 8.58. The molecule has 0 aliphatic carbocycles. The van der Waals surface area contributed by atoms with Gasteiger partial charge < -0.3 is 5.11 Å². The zero-order valence-corrected chi connectivity index (χ0v) is 16.2. The monoisotopic (exact) mass is 362 g/mol. The van der Waals surface area contributed by atoms with E-state index in [1.54, 1.807) is 0 Å². The van der Waals surface area contributed by atoms with Crippen LogP contribution >= 0.6 is 15.9 Å². The van der Waals surface area contributed by atoms with Crippen molar-refractivity contribution in [3.8, 4) is 0 Å². The Labute approximate surface area is 140 Å². The van der Waals surface area contributed by atoms with Crippen molar-refractivity contribution in [3.63, 3.8) is 0 Å². The van der Waals surface area contributed by atoms with E-state index in [0.717, 1.165) is 32.1 Å². The van der Waals surface area contributed by atoms with Crippen molar-refractivity contribution in [1.82, 2.24) is 0 Å². The molecule has 3 heteroatoms. The van der Waals surface area contributed by atoms with Crippen LogP contribution in [-0.2, 0) is 4.79 Å². The number of ketones is 1. The predicted octanol–water partition coefficient (Wildman–Crippen LogP) is 5.36. The molecule has 2 nitrogen and oxygen atoms in total. The van der Waals surface area contributed by atoms with Gasteiger partial charge >= 0.3 is 0 Å². The van der Waals surface area contributed by atoms with Gasteiger partial charge in [0.15, 0.2) is 0 Å². The highest BCUT2D eigenvalue weighted by molar-refractivity contribution is 9.09. The SMILES string of the molecule is CC[C@H](C(=O)CBr)C(C)CC[C@@H](C)CCCC(C)(O)CC. The molecule has 21 heavy (non-hydrogen) atoms. The van der Waals surface area contributed by atoms with Gasteiger partial charge in [-0.1, -0.05) is 62.9 Å². The standard InChI is InChI=1S/C18H35BrO2/c1-6-16(17(20)13-19)15(4)11-10-14(3)9-8-12-18(5,21)7-2/h14-16,21H,6-13H2,1-5H3/t14-,15?,16-,18?/m0/s1. The lowest BCUT2D eigenvalue weighted by molar-refractivity contribution is -0.121. The second kappa shape index (κ2) is 10.8. The molecule has 4 atom stereocenters. The Hall–Kier alpha value is 0.110. The minimum absolute atomic E-state index is 0.206. The normalized spacial score (nSPS) is 18.8. The second-order valence-corrected chi connectivity index (χ2v) is 7.58. The zero-order valence-electron chi connectivity index (χ0n) is 14.6. The van der Waals surface area contributed by atoms with Crippen LogP contribution in [0.1, 0.15) is 79.6 Å². The molecule has 0 saturated heterocycles. The molecule has 0 amide bonds. The third-order valence-corrected chi connectivity index (χ3v) is 5.51. The lowest BCUT2D eigenvalue weighted by Gasteiger charge is -2.24. The van der Waals surface area contributed by atoms with Gasteiger partial charge in [-0.2, -0.15) is 0 Å². The van der Waals surface area contributed by atoms with Crippen molar-refractivity contribution in [2.45, 2.75) is 85.2 Å². The van der Waals surface area contributed by atoms with Crippen LogP contribution in [0.25, 0.3) is 0 Å². The molecule has 0 heterocycles. The van der Waals surface area contributed by atoms with Crippen LogP contribution in [0.2, 0.25) is 0 Å². The van der Waals surface area contributed by atoms with Gasteiger partial charge in [-0.15, -0.1) is 0 Å². The summed E-state index contributed by atoms with van der Waals surface area (Å²) in [4.78, 5) is 11.9. The summed E-state index contributed by atoms with van der Waals surface area (Å²) in [5.74, 6) is 1.70. The molecule has 0 aromatic carbocycles. The topological polar surface area (TPSA) is 37.3 Å². The fourth-order valence-electron chi connectivity index (χ4n) is 2.95. The smallest absolute Gasteiger partial charge is 0.146 e. The Morgan fingerprint density at radius 1 is 1.19 bits per heavy atom. The van der Waals surface area contributed by atoms with Crippen LogP contribution in [0, 0.1) is 17.8 Å². The number of rotatable bonds is 12. The summed E-state index contributed by atoms with van der Waals surface area (Å²) in [6.45, 7) is 10.6. The Kier molecular flexibility index (Phi) is 10.8. The molecule has 0 rings (SSSR count). The molecule has 2 unspecified atom stereocenters. The highest BCUT2D eigenvalue weighted by atomic mass is 79.9. The number of halogens is 1. The van der Waals surface area contributed by atoms with Crippen LogP contribution in [0.3, 0.4) is 0 Å². The molecule has 0 aliphatic heterocycles. The summed E-state index contributed by atoms with van der Waals surface area (Å²) >= 11 is 3.29. The number of carbonyl (C=O) groups is 1. The number of alkyl halides is 1. The average molecular weight is 363 g/mol. The molecule has 0 aromatic rings. The van der Waals surface area contributed by atoms with E-state index in [9.17, 15) is 9.90 Å². The molecule has 0 radical (unpaired) electrons. The van der Waals surface area contributed by atoms with E-state index < -0.39 is 5.60 Å². The Balaban J connectivity index is 4.01. The van der Waals surface area contributed by atoms with Gasteiger partial charge in [-0.25, -0.2) is 0 Å². The Morgan fingerprint density at radius 2 is 1.81 bits per heavy atom. The first-order valence-corrected chi connectivity index (χ1v) is 9.70. The van der Waals surface area contributed by atoms with E-state index in [2.05, 4.69) is 36.7 Å². The average Bonchev–Trinajstić information content (AvgIpc) is 2.45. The molecule has 0 aromatic heterocycles. The Bertz CT molecular complexity index is 289. The third kappa shape index (κ3) is 8.97. The van der Waals surface area contributed by atoms with E-state index in [1.165, 1.54) is 12.8 Å². The van der Waals surface area contributed by atoms with Crippen LogP contribution < -0.4 is 0 Å². The minimum Gasteiger partial charge on any atom is -0.390 e. The maximum absolute atomic E-state index is 11.9. The fourth-order valence-corrected chi connectivity index (χ4v) is 3.36. The summed E-state index contributed by atoms with van der Waals surface area (Å²) in [6, 6.07) is 0. The summed E-state index contributed by atoms with van der Waals surface area (Å²) in [5.41, 5.74) is -0.497. The first-order chi connectivity index (χ1) is 9.77. The van der Waals surface area contributed by atoms with Crippen LogP contribution in [0.4, 0.5) is 0 Å². The van der Waals surface area contributed by atoms with Crippen molar-refractivity contribution in [3.05, 3.63) is 0 Å². The van der Waals surface area contributed by atoms with Crippen molar-refractivity contribution in [2.75, 3.05) is 5.33 Å². The number of hydrogen-bond acceptors (Lipinski definition) is 2. The molecule has 0 aliphatic rings. The highest BCUT2D eigenvalue weighted by Crippen LogP contribution is 2.26. The minimum atomic E-state index is -0.497. The maximum Gasteiger partial charge on any atom is 0.146 e. The number of aliphatic hydroxyl groups is 1. The zero-order chi connectivity index (χ0) is 16.5. The van der Waals surface area contributed by atoms with E-state index in [-0.39, 0.29) is 5.92 Å². The van der Waals surface area contributed by atoms with Gasteiger partial charge in [-0.3, -0.25) is 4.79 Å². The van der Waals surface area contributed by atoms with Crippen molar-refractivity contribution in [2.24, 2.45) is 17.8 Å². The molecule has 0 spiro atoms. The molecule has 0 saturated carbocycles. The second-order valence-electron chi connectivity index (χ2n) is 7.02. The lowest BCUT2D eigenvalue weighted by atomic mass is 9.83. The quantitative estimate of drug-likeness (QED) is 0.474. The summed E-state index contributed by atoms with van der Waals surface area (Å²) in [7, 11) is 0. The van der Waals surface area contributed by atoms with Crippen molar-refractivity contribution < 1.29 is 9.90 Å². The lowest BCUT2D eigenvalue weighted by Crippen LogP contribution is -2.23. The largest absolute Gasteiger partial charge is 0.390 e. The predicted molar refractivity (Wildman–Crippen MR) is 94.9 cm³/mol. The summed E-state index contributed by atoms with van der Waals surface area (Å²) < 4.78 is 0. The van der Waals surface area contributed by atoms with E-state index >= 15 is 0 Å². The van der Waals surface area contributed by atoms with Gasteiger partial charge in [0.1, 0.15) is 5.78 Å². The third-order valence-electron chi connectivity index (χ3n) is 4.96. The van der Waals surface area contributed by atoms with Gasteiger partial charge in [0.25, 0.3) is 0 Å². The highest BCUT2D eigenvalue weighted by Gasteiger charge is 2.23. The van der Waals surface area contributed by atoms with Gasteiger partial charge in [-0.05, 0) is 44.4 Å². The van der Waals surface area contributed by atoms with E-state index in [4.69, 9.17) is 0 Å². The van der Waals surface area contributed by atoms with Crippen LogP contribution in [0.15, 0.2) is 0 Å². The van der Waals surface area contributed by atoms with Crippen molar-refractivity contribution in [1.29, 1.82) is 0 Å². The fraction of sp³-hybridized carbons (Fsp3) is 0.944. The summed E-state index contributed by atoms with van der Waals surface area (Å²) in [5, 5.41) is 10.5. The van der Waals surface area contributed by atoms with Gasteiger partial charge in [0, 0.05) is 5.92 Å². The maximum atomic E-state index is 11.9. The first kappa shape index (κ1) is 21.1. The number of Topliss-reactive ketones (excluding diaryl/α,β-unsaturated/α-hetero) is 1. The summed E-state index contributed by atoms with van der Waals surface area (Å²) in [6.07, 6.45) is 7.23. The molecular formula is C18H35BrO2. The molecular weight excluding hydrogens is 328 g/mol. The Morgan fingerprint density at radius 3 is 2.29 bits per heavy atom. The molecule has 0 bridgehead atoms. The molecule has 0 fully saturated rings. The molecule has 126 valence electrons. The van der Waals surface area contributed by atoms with E-state index in [1.807, 2.05) is 13.8 Å². The number of carbonyl (C=O) groups excluding carboxylic acids is 1. The van der Waals surface area contributed by atoms with E-state index in [0.29, 0.717) is 22.9 Å². The van der Waals surface area contributed by atoms with Crippen LogP contribution in [-0.4, -0.2) is 21.8 Å². The molecule has 1 N–H and O–H groups in total. The van der Waals surface area contributed by atoms with Crippen molar-refractivity contribution >= 4 is 21.7 Å². The number of hydrogen-bond donors (Lipinski definition) is 1. The van der Waals surface area contributed by atoms with Gasteiger partial charge in [0.2, 0.25) is 0 Å². The van der Waals surface area contributed by atoms with Gasteiger partial charge in [0.05, 0.1) is 10.9 Å².